The number of rotatable bonds is 2. The Labute approximate surface area is 91.5 Å². The van der Waals surface area contributed by atoms with Crippen LogP contribution in [0.3, 0.4) is 0 Å². The van der Waals surface area contributed by atoms with E-state index in [-0.39, 0.29) is 5.01 Å². The molecule has 0 saturated carbocycles. The van der Waals surface area contributed by atoms with Gasteiger partial charge in [0.1, 0.15) is 16.9 Å². The normalized spacial score (nSPS) is 11.9. The van der Waals surface area contributed by atoms with Gasteiger partial charge in [-0.25, -0.2) is 4.98 Å². The van der Waals surface area contributed by atoms with Crippen molar-refractivity contribution in [2.24, 2.45) is 0 Å². The molecule has 2 N–H and O–H groups in total. The standard InChI is InChI=1S/C8H6F3N3OS/c9-8(10,11)3-13-5(15)7-14-4-1-2-12-6(4)16-7/h1-2,12H,3H2,(H,13,15). The lowest BCUT2D eigenvalue weighted by atomic mass is 10.5. The van der Waals surface area contributed by atoms with Crippen molar-refractivity contribution in [3.8, 4) is 0 Å². The van der Waals surface area contributed by atoms with Gasteiger partial charge in [-0.15, -0.1) is 0 Å². The van der Waals surface area contributed by atoms with Crippen LogP contribution in [0.25, 0.3) is 10.3 Å². The van der Waals surface area contributed by atoms with Gasteiger partial charge >= 0.3 is 6.18 Å². The largest absolute Gasteiger partial charge is 0.405 e. The van der Waals surface area contributed by atoms with Gasteiger partial charge in [0.15, 0.2) is 5.01 Å². The van der Waals surface area contributed by atoms with Crippen LogP contribution in [0.1, 0.15) is 9.80 Å². The third kappa shape index (κ3) is 2.32. The first-order valence-electron chi connectivity index (χ1n) is 4.24. The number of aromatic amines is 1. The molecular formula is C8H6F3N3OS. The number of nitrogens with one attached hydrogen (secondary N) is 2. The topological polar surface area (TPSA) is 57.8 Å². The molecule has 2 rings (SSSR count). The van der Waals surface area contributed by atoms with E-state index < -0.39 is 18.6 Å². The number of hydrogen-bond donors (Lipinski definition) is 2. The van der Waals surface area contributed by atoms with E-state index in [9.17, 15) is 18.0 Å². The Hall–Kier alpha value is -1.57. The van der Waals surface area contributed by atoms with E-state index in [0.717, 1.165) is 11.3 Å². The monoisotopic (exact) mass is 249 g/mol. The number of halogens is 3. The van der Waals surface area contributed by atoms with Crippen molar-refractivity contribution >= 4 is 27.6 Å². The molecule has 1 amide bonds. The molecule has 0 aromatic carbocycles. The van der Waals surface area contributed by atoms with Crippen LogP contribution in [0.2, 0.25) is 0 Å². The predicted octanol–water partition coefficient (Wildman–Crippen LogP) is 1.92. The predicted molar refractivity (Wildman–Crippen MR) is 52.4 cm³/mol. The second kappa shape index (κ2) is 3.78. The van der Waals surface area contributed by atoms with Crippen LogP contribution in [0.4, 0.5) is 13.2 Å². The van der Waals surface area contributed by atoms with Crippen molar-refractivity contribution in [3.05, 3.63) is 17.3 Å². The van der Waals surface area contributed by atoms with Crippen molar-refractivity contribution < 1.29 is 18.0 Å². The summed E-state index contributed by atoms with van der Waals surface area (Å²) in [5, 5.41) is 1.78. The number of carbonyl (C=O) groups excluding carboxylic acids is 1. The average molecular weight is 249 g/mol. The van der Waals surface area contributed by atoms with Crippen molar-refractivity contribution in [1.29, 1.82) is 0 Å². The number of alkyl halides is 3. The first-order chi connectivity index (χ1) is 7.46. The van der Waals surface area contributed by atoms with Crippen LogP contribution in [0.5, 0.6) is 0 Å². The van der Waals surface area contributed by atoms with Gasteiger partial charge in [-0.05, 0) is 6.07 Å². The molecule has 8 heteroatoms. The molecule has 2 aromatic heterocycles. The Morgan fingerprint density at radius 3 is 2.94 bits per heavy atom. The highest BCUT2D eigenvalue weighted by Crippen LogP contribution is 2.20. The average Bonchev–Trinajstić information content (AvgIpc) is 2.71. The maximum atomic E-state index is 11.8. The molecule has 0 radical (unpaired) electrons. The number of carbonyl (C=O) groups is 1. The zero-order valence-corrected chi connectivity index (χ0v) is 8.58. The molecule has 0 aliphatic heterocycles. The zero-order chi connectivity index (χ0) is 11.8. The summed E-state index contributed by atoms with van der Waals surface area (Å²) < 4.78 is 35.5. The number of thiazole rings is 1. The molecule has 2 aromatic rings. The molecule has 0 fully saturated rings. The number of nitrogens with zero attached hydrogens (tertiary/aromatic N) is 1. The quantitative estimate of drug-likeness (QED) is 0.854. The number of aromatic nitrogens is 2. The summed E-state index contributed by atoms with van der Waals surface area (Å²) in [5.41, 5.74) is 0.571. The summed E-state index contributed by atoms with van der Waals surface area (Å²) >= 11 is 1.02. The highest BCUT2D eigenvalue weighted by atomic mass is 32.1. The van der Waals surface area contributed by atoms with Gasteiger partial charge in [-0.1, -0.05) is 11.3 Å². The fourth-order valence-electron chi connectivity index (χ4n) is 1.10. The van der Waals surface area contributed by atoms with Gasteiger partial charge in [-0.2, -0.15) is 13.2 Å². The van der Waals surface area contributed by atoms with E-state index in [4.69, 9.17) is 0 Å². The molecule has 0 aliphatic carbocycles. The SMILES string of the molecule is O=C(NCC(F)(F)F)c1nc2cc[nH]c2s1. The Balaban J connectivity index is 2.08. The fourth-order valence-corrected chi connectivity index (χ4v) is 1.95. The van der Waals surface area contributed by atoms with Crippen molar-refractivity contribution in [1.82, 2.24) is 15.3 Å². The highest BCUT2D eigenvalue weighted by molar-refractivity contribution is 7.19. The summed E-state index contributed by atoms with van der Waals surface area (Å²) in [7, 11) is 0. The van der Waals surface area contributed by atoms with Crippen molar-refractivity contribution in [2.75, 3.05) is 6.54 Å². The molecule has 16 heavy (non-hydrogen) atoms. The van der Waals surface area contributed by atoms with Gasteiger partial charge in [0.2, 0.25) is 0 Å². The molecule has 4 nitrogen and oxygen atoms in total. The molecule has 86 valence electrons. The van der Waals surface area contributed by atoms with Crippen LogP contribution >= 0.6 is 11.3 Å². The Kier molecular flexibility index (Phi) is 2.58. The van der Waals surface area contributed by atoms with E-state index >= 15 is 0 Å². The molecule has 0 aliphatic rings. The molecular weight excluding hydrogens is 243 g/mol. The first kappa shape index (κ1) is 10.9. The Morgan fingerprint density at radius 2 is 2.31 bits per heavy atom. The highest BCUT2D eigenvalue weighted by Gasteiger charge is 2.28. The summed E-state index contributed by atoms with van der Waals surface area (Å²) in [6, 6.07) is 1.65. The van der Waals surface area contributed by atoms with E-state index in [1.807, 2.05) is 0 Å². The summed E-state index contributed by atoms with van der Waals surface area (Å²) in [4.78, 5) is 18.6. The number of fused-ring (bicyclic) bond motifs is 1. The second-order valence-electron chi connectivity index (χ2n) is 3.01. The summed E-state index contributed by atoms with van der Waals surface area (Å²) in [6.45, 7) is -1.35. The third-order valence-electron chi connectivity index (χ3n) is 1.75. The van der Waals surface area contributed by atoms with Crippen LogP contribution < -0.4 is 5.32 Å². The molecule has 0 bridgehead atoms. The van der Waals surface area contributed by atoms with Crippen LogP contribution in [0.15, 0.2) is 12.3 Å². The van der Waals surface area contributed by atoms with Gasteiger partial charge in [0.05, 0.1) is 0 Å². The minimum Gasteiger partial charge on any atom is -0.352 e. The molecule has 0 atom stereocenters. The summed E-state index contributed by atoms with van der Waals surface area (Å²) in [5.74, 6) is -0.813. The van der Waals surface area contributed by atoms with Crippen molar-refractivity contribution in [3.63, 3.8) is 0 Å². The molecule has 0 unspecified atom stereocenters. The van der Waals surface area contributed by atoms with Crippen LogP contribution in [0, 0.1) is 0 Å². The molecule has 0 spiro atoms. The van der Waals surface area contributed by atoms with E-state index in [2.05, 4.69) is 9.97 Å². The molecule has 0 saturated heterocycles. The lowest BCUT2D eigenvalue weighted by molar-refractivity contribution is -0.123. The number of H-pyrrole nitrogens is 1. The van der Waals surface area contributed by atoms with Gasteiger partial charge in [0, 0.05) is 6.20 Å². The Bertz CT molecular complexity index is 487. The van der Waals surface area contributed by atoms with E-state index in [1.165, 1.54) is 0 Å². The maximum Gasteiger partial charge on any atom is 0.405 e. The smallest absolute Gasteiger partial charge is 0.352 e. The zero-order valence-electron chi connectivity index (χ0n) is 7.76. The first-order valence-corrected chi connectivity index (χ1v) is 5.06. The van der Waals surface area contributed by atoms with Gasteiger partial charge in [0.25, 0.3) is 5.91 Å². The van der Waals surface area contributed by atoms with Gasteiger partial charge < -0.3 is 10.3 Å². The fraction of sp³-hybridized carbons (Fsp3) is 0.250. The van der Waals surface area contributed by atoms with Crippen molar-refractivity contribution in [2.45, 2.75) is 6.18 Å². The van der Waals surface area contributed by atoms with E-state index in [0.29, 0.717) is 10.3 Å². The van der Waals surface area contributed by atoms with Gasteiger partial charge in [-0.3, -0.25) is 4.79 Å². The number of hydrogen-bond acceptors (Lipinski definition) is 3. The van der Waals surface area contributed by atoms with E-state index in [1.54, 1.807) is 17.6 Å². The lowest BCUT2D eigenvalue weighted by Gasteiger charge is -2.06. The minimum absolute atomic E-state index is 0.0195. The Morgan fingerprint density at radius 1 is 1.56 bits per heavy atom. The van der Waals surface area contributed by atoms with Crippen LogP contribution in [-0.2, 0) is 0 Å². The number of amides is 1. The third-order valence-corrected chi connectivity index (χ3v) is 2.75. The second-order valence-corrected chi connectivity index (χ2v) is 4.01. The maximum absolute atomic E-state index is 11.8. The molecule has 2 heterocycles. The summed E-state index contributed by atoms with van der Waals surface area (Å²) in [6.07, 6.45) is -2.76. The van der Waals surface area contributed by atoms with Crippen LogP contribution in [-0.4, -0.2) is 28.6 Å². The minimum atomic E-state index is -4.41. The lowest BCUT2D eigenvalue weighted by Crippen LogP contribution is -2.33.